The van der Waals surface area contributed by atoms with E-state index in [1.165, 1.54) is 16.7 Å². The van der Waals surface area contributed by atoms with Crippen LogP contribution in [0.5, 0.6) is 0 Å². The third-order valence-electron chi connectivity index (χ3n) is 3.32. The first kappa shape index (κ1) is 13.7. The highest BCUT2D eigenvalue weighted by molar-refractivity contribution is 5.33. The number of benzene rings is 1. The van der Waals surface area contributed by atoms with Crippen LogP contribution in [-0.2, 0) is 13.1 Å². The molecule has 4 heteroatoms. The van der Waals surface area contributed by atoms with Gasteiger partial charge in [0.25, 0.3) is 0 Å². The fraction of sp³-hybridized carbons (Fsp3) is 0.467. The molecule has 0 radical (unpaired) electrons. The number of nitrogens with one attached hydrogen (secondary N) is 1. The second-order valence-electron chi connectivity index (χ2n) is 5.24. The number of hydrogen-bond acceptors (Lipinski definition) is 3. The molecule has 4 nitrogen and oxygen atoms in total. The first-order valence-corrected chi connectivity index (χ1v) is 6.73. The highest BCUT2D eigenvalue weighted by Gasteiger charge is 2.08. The maximum Gasteiger partial charge on any atom is 0.141 e. The first-order chi connectivity index (χ1) is 9.08. The third-order valence-corrected chi connectivity index (χ3v) is 3.32. The quantitative estimate of drug-likeness (QED) is 0.895. The van der Waals surface area contributed by atoms with Crippen LogP contribution in [-0.4, -0.2) is 20.8 Å². The topological polar surface area (TPSA) is 42.7 Å². The molecule has 1 heterocycles. The Morgan fingerprint density at radius 3 is 2.53 bits per heavy atom. The van der Waals surface area contributed by atoms with Gasteiger partial charge < -0.3 is 5.32 Å². The molecule has 0 saturated carbocycles. The maximum atomic E-state index is 4.34. The minimum atomic E-state index is 0.449. The molecule has 0 fully saturated rings. The van der Waals surface area contributed by atoms with Crippen LogP contribution in [0.25, 0.3) is 0 Å². The molecule has 0 aliphatic rings. The monoisotopic (exact) mass is 258 g/mol. The molecule has 0 saturated heterocycles. The Kier molecular flexibility index (Phi) is 4.32. The van der Waals surface area contributed by atoms with E-state index in [-0.39, 0.29) is 0 Å². The molecule has 1 aromatic carbocycles. The van der Waals surface area contributed by atoms with Crippen LogP contribution in [0.3, 0.4) is 0 Å². The van der Waals surface area contributed by atoms with Crippen LogP contribution in [0.2, 0.25) is 0 Å². The van der Waals surface area contributed by atoms with Crippen molar-refractivity contribution in [3.8, 4) is 0 Å². The lowest BCUT2D eigenvalue weighted by molar-refractivity contribution is 0.538. The summed E-state index contributed by atoms with van der Waals surface area (Å²) in [7, 11) is 0. The van der Waals surface area contributed by atoms with E-state index in [0.29, 0.717) is 6.04 Å². The summed E-state index contributed by atoms with van der Waals surface area (Å²) in [4.78, 5) is 4.33. The summed E-state index contributed by atoms with van der Waals surface area (Å²) in [6, 6.07) is 6.83. The van der Waals surface area contributed by atoms with Crippen molar-refractivity contribution in [2.24, 2.45) is 0 Å². The minimum Gasteiger partial charge on any atom is -0.308 e. The zero-order valence-corrected chi connectivity index (χ0v) is 12.1. The normalized spacial score (nSPS) is 11.2. The van der Waals surface area contributed by atoms with Crippen LogP contribution < -0.4 is 5.32 Å². The number of aromatic nitrogens is 3. The Morgan fingerprint density at radius 1 is 1.21 bits per heavy atom. The lowest BCUT2D eigenvalue weighted by Gasteiger charge is -2.12. The molecule has 2 aromatic rings. The van der Waals surface area contributed by atoms with E-state index in [1.54, 1.807) is 6.33 Å². The Morgan fingerprint density at radius 2 is 1.89 bits per heavy atom. The zero-order chi connectivity index (χ0) is 13.8. The molecular weight excluding hydrogens is 236 g/mol. The average molecular weight is 258 g/mol. The third kappa shape index (κ3) is 3.41. The molecule has 0 atom stereocenters. The van der Waals surface area contributed by atoms with Gasteiger partial charge in [-0.3, -0.25) is 0 Å². The number of rotatable bonds is 5. The van der Waals surface area contributed by atoms with Crippen LogP contribution >= 0.6 is 0 Å². The molecule has 0 amide bonds. The highest BCUT2D eigenvalue weighted by Crippen LogP contribution is 2.15. The second-order valence-corrected chi connectivity index (χ2v) is 5.24. The Bertz CT molecular complexity index is 523. The standard InChI is InChI=1S/C15H22N4/c1-11(2)16-8-15-17-10-18-19(15)9-14-12(3)6-5-7-13(14)4/h5-7,10-11,16H,8-9H2,1-4H3. The van der Waals surface area contributed by atoms with E-state index in [1.807, 2.05) is 4.68 Å². The van der Waals surface area contributed by atoms with Gasteiger partial charge in [-0.05, 0) is 30.5 Å². The number of hydrogen-bond donors (Lipinski definition) is 1. The summed E-state index contributed by atoms with van der Waals surface area (Å²) in [5, 5.41) is 7.72. The first-order valence-electron chi connectivity index (χ1n) is 6.73. The van der Waals surface area contributed by atoms with Gasteiger partial charge in [0, 0.05) is 6.04 Å². The average Bonchev–Trinajstić information content (AvgIpc) is 2.79. The highest BCUT2D eigenvalue weighted by atomic mass is 15.3. The molecule has 0 bridgehead atoms. The maximum absolute atomic E-state index is 4.34. The van der Waals surface area contributed by atoms with Crippen molar-refractivity contribution in [2.75, 3.05) is 0 Å². The van der Waals surface area contributed by atoms with E-state index in [2.05, 4.69) is 61.3 Å². The molecule has 0 spiro atoms. The number of aryl methyl sites for hydroxylation is 2. The van der Waals surface area contributed by atoms with E-state index >= 15 is 0 Å². The largest absolute Gasteiger partial charge is 0.308 e. The van der Waals surface area contributed by atoms with Crippen LogP contribution in [0, 0.1) is 13.8 Å². The second kappa shape index (κ2) is 5.97. The number of nitrogens with zero attached hydrogens (tertiary/aromatic N) is 3. The van der Waals surface area contributed by atoms with Crippen LogP contribution in [0.4, 0.5) is 0 Å². The lowest BCUT2D eigenvalue weighted by atomic mass is 10.0. The zero-order valence-electron chi connectivity index (χ0n) is 12.1. The summed E-state index contributed by atoms with van der Waals surface area (Å²) >= 11 is 0. The van der Waals surface area contributed by atoms with Gasteiger partial charge in [-0.2, -0.15) is 5.10 Å². The molecule has 19 heavy (non-hydrogen) atoms. The van der Waals surface area contributed by atoms with E-state index in [4.69, 9.17) is 0 Å². The molecule has 2 rings (SSSR count). The van der Waals surface area contributed by atoms with Crippen molar-refractivity contribution in [1.82, 2.24) is 20.1 Å². The Balaban J connectivity index is 2.17. The molecular formula is C15H22N4. The molecule has 1 aromatic heterocycles. The van der Waals surface area contributed by atoms with E-state index < -0.39 is 0 Å². The van der Waals surface area contributed by atoms with Gasteiger partial charge >= 0.3 is 0 Å². The smallest absolute Gasteiger partial charge is 0.141 e. The Labute approximate surface area is 114 Å². The van der Waals surface area contributed by atoms with Gasteiger partial charge in [-0.15, -0.1) is 0 Å². The molecule has 102 valence electrons. The summed E-state index contributed by atoms with van der Waals surface area (Å²) in [5.41, 5.74) is 3.94. The molecule has 0 aliphatic heterocycles. The molecule has 0 unspecified atom stereocenters. The van der Waals surface area contributed by atoms with Crippen molar-refractivity contribution in [2.45, 2.75) is 46.8 Å². The van der Waals surface area contributed by atoms with Crippen LogP contribution in [0.15, 0.2) is 24.5 Å². The van der Waals surface area contributed by atoms with Gasteiger partial charge in [0.15, 0.2) is 0 Å². The van der Waals surface area contributed by atoms with Crippen molar-refractivity contribution in [1.29, 1.82) is 0 Å². The fourth-order valence-corrected chi connectivity index (χ4v) is 2.10. The predicted octanol–water partition coefficient (Wildman–Crippen LogP) is 2.44. The summed E-state index contributed by atoms with van der Waals surface area (Å²) < 4.78 is 1.98. The van der Waals surface area contributed by atoms with Gasteiger partial charge in [-0.25, -0.2) is 9.67 Å². The van der Waals surface area contributed by atoms with Crippen molar-refractivity contribution >= 4 is 0 Å². The van der Waals surface area contributed by atoms with Crippen LogP contribution in [0.1, 0.15) is 36.4 Å². The predicted molar refractivity (Wildman–Crippen MR) is 77.0 cm³/mol. The fourth-order valence-electron chi connectivity index (χ4n) is 2.10. The Hall–Kier alpha value is -1.68. The SMILES string of the molecule is Cc1cccc(C)c1Cn1ncnc1CNC(C)C. The minimum absolute atomic E-state index is 0.449. The molecule has 1 N–H and O–H groups in total. The molecule has 0 aliphatic carbocycles. The van der Waals surface area contributed by atoms with Gasteiger partial charge in [-0.1, -0.05) is 32.0 Å². The lowest BCUT2D eigenvalue weighted by Crippen LogP contribution is -2.24. The summed E-state index contributed by atoms with van der Waals surface area (Å²) in [6.45, 7) is 10.1. The van der Waals surface area contributed by atoms with Crippen molar-refractivity contribution in [3.05, 3.63) is 47.0 Å². The van der Waals surface area contributed by atoms with E-state index in [9.17, 15) is 0 Å². The summed E-state index contributed by atoms with van der Waals surface area (Å²) in [6.07, 6.45) is 1.63. The van der Waals surface area contributed by atoms with Gasteiger partial charge in [0.2, 0.25) is 0 Å². The van der Waals surface area contributed by atoms with Crippen molar-refractivity contribution in [3.63, 3.8) is 0 Å². The van der Waals surface area contributed by atoms with Gasteiger partial charge in [0.1, 0.15) is 12.2 Å². The van der Waals surface area contributed by atoms with E-state index in [0.717, 1.165) is 18.9 Å². The van der Waals surface area contributed by atoms with Gasteiger partial charge in [0.05, 0.1) is 13.1 Å². The summed E-state index contributed by atoms with van der Waals surface area (Å²) in [5.74, 6) is 0.983. The van der Waals surface area contributed by atoms with Crippen molar-refractivity contribution < 1.29 is 0 Å².